The van der Waals surface area contributed by atoms with Gasteiger partial charge in [-0.05, 0) is 38.8 Å². The molecule has 0 spiro atoms. The summed E-state index contributed by atoms with van der Waals surface area (Å²) >= 11 is 0. The van der Waals surface area contributed by atoms with E-state index in [2.05, 4.69) is 10.6 Å². The van der Waals surface area contributed by atoms with Crippen LogP contribution in [0.3, 0.4) is 0 Å². The van der Waals surface area contributed by atoms with Crippen molar-refractivity contribution in [2.45, 2.75) is 64.5 Å². The van der Waals surface area contributed by atoms with Gasteiger partial charge in [0.05, 0.1) is 17.2 Å². The van der Waals surface area contributed by atoms with Gasteiger partial charge in [0, 0.05) is 25.0 Å². The number of anilines is 1. The second-order valence-electron chi connectivity index (χ2n) is 7.90. The molecule has 3 rings (SSSR count). The van der Waals surface area contributed by atoms with E-state index in [0.29, 0.717) is 17.8 Å². The van der Waals surface area contributed by atoms with Crippen LogP contribution in [0, 0.1) is 5.92 Å². The molecule has 1 saturated carbocycles. The highest BCUT2D eigenvalue weighted by Crippen LogP contribution is 2.29. The number of hydrogen-bond donors (Lipinski definition) is 2. The minimum Gasteiger partial charge on any atom is -0.350 e. The Morgan fingerprint density at radius 1 is 1.11 bits per heavy atom. The van der Waals surface area contributed by atoms with Crippen molar-refractivity contribution in [3.8, 4) is 0 Å². The van der Waals surface area contributed by atoms with Crippen LogP contribution in [0.1, 0.15) is 62.7 Å². The summed E-state index contributed by atoms with van der Waals surface area (Å²) in [5.41, 5.74) is 0.928. The zero-order valence-corrected chi connectivity index (χ0v) is 16.2. The Morgan fingerprint density at radius 3 is 2.52 bits per heavy atom. The first-order chi connectivity index (χ1) is 13.0. The Bertz CT molecular complexity index is 710. The van der Waals surface area contributed by atoms with Gasteiger partial charge >= 0.3 is 0 Å². The van der Waals surface area contributed by atoms with Crippen LogP contribution in [-0.2, 0) is 9.59 Å². The maximum atomic E-state index is 12.8. The Morgan fingerprint density at radius 2 is 1.81 bits per heavy atom. The molecule has 3 amide bonds. The van der Waals surface area contributed by atoms with Crippen LogP contribution in [0.4, 0.5) is 5.69 Å². The number of hydrogen-bond acceptors (Lipinski definition) is 3. The van der Waals surface area contributed by atoms with Crippen molar-refractivity contribution in [3.63, 3.8) is 0 Å². The standard InChI is InChI=1S/C21H29N3O3/c1-14(2)22-21(27)17-10-6-7-11-18(17)23-20(26)15-12-19(25)24(13-15)16-8-4-3-5-9-16/h6-7,10-11,14-16H,3-5,8-9,12-13H2,1-2H3,(H,22,27)(H,23,26)/t15-/m0/s1. The summed E-state index contributed by atoms with van der Waals surface area (Å²) < 4.78 is 0. The van der Waals surface area contributed by atoms with Gasteiger partial charge in [-0.3, -0.25) is 14.4 Å². The van der Waals surface area contributed by atoms with Crippen LogP contribution in [0.25, 0.3) is 0 Å². The van der Waals surface area contributed by atoms with E-state index in [1.54, 1.807) is 24.3 Å². The fourth-order valence-electron chi connectivity index (χ4n) is 4.02. The smallest absolute Gasteiger partial charge is 0.253 e. The molecule has 1 aromatic rings. The van der Waals surface area contributed by atoms with Gasteiger partial charge in [-0.1, -0.05) is 31.4 Å². The second-order valence-corrected chi connectivity index (χ2v) is 7.90. The summed E-state index contributed by atoms with van der Waals surface area (Å²) in [5.74, 6) is -0.688. The van der Waals surface area contributed by atoms with E-state index < -0.39 is 0 Å². The van der Waals surface area contributed by atoms with Gasteiger partial charge in [-0.25, -0.2) is 0 Å². The lowest BCUT2D eigenvalue weighted by Crippen LogP contribution is -2.38. The highest BCUT2D eigenvalue weighted by Gasteiger charge is 2.38. The molecule has 1 aliphatic carbocycles. The first-order valence-electron chi connectivity index (χ1n) is 9.96. The van der Waals surface area contributed by atoms with Crippen molar-refractivity contribution in [1.82, 2.24) is 10.2 Å². The molecule has 1 atom stereocenters. The highest BCUT2D eigenvalue weighted by molar-refractivity contribution is 6.05. The van der Waals surface area contributed by atoms with Gasteiger partial charge in [0.1, 0.15) is 0 Å². The molecule has 2 N–H and O–H groups in total. The number of rotatable bonds is 5. The first kappa shape index (κ1) is 19.4. The monoisotopic (exact) mass is 371 g/mol. The van der Waals surface area contributed by atoms with Crippen molar-refractivity contribution in [1.29, 1.82) is 0 Å². The number of carbonyl (C=O) groups is 3. The normalized spacial score (nSPS) is 20.8. The average Bonchev–Trinajstić information content (AvgIpc) is 3.04. The molecule has 6 nitrogen and oxygen atoms in total. The van der Waals surface area contributed by atoms with Crippen molar-refractivity contribution in [2.75, 3.05) is 11.9 Å². The topological polar surface area (TPSA) is 78.5 Å². The van der Waals surface area contributed by atoms with E-state index in [4.69, 9.17) is 0 Å². The molecular weight excluding hydrogens is 342 g/mol. The van der Waals surface area contributed by atoms with Crippen molar-refractivity contribution in [2.24, 2.45) is 5.92 Å². The third-order valence-electron chi connectivity index (χ3n) is 5.39. The molecule has 6 heteroatoms. The van der Waals surface area contributed by atoms with Crippen LogP contribution in [0.2, 0.25) is 0 Å². The van der Waals surface area contributed by atoms with Crippen LogP contribution in [-0.4, -0.2) is 41.2 Å². The molecule has 146 valence electrons. The molecule has 1 saturated heterocycles. The minimum atomic E-state index is -0.361. The van der Waals surface area contributed by atoms with Crippen molar-refractivity contribution >= 4 is 23.4 Å². The third kappa shape index (κ3) is 4.67. The SMILES string of the molecule is CC(C)NC(=O)c1ccccc1NC(=O)[C@H]1CC(=O)N(C2CCCCC2)C1. The quantitative estimate of drug-likeness (QED) is 0.835. The molecule has 1 heterocycles. The summed E-state index contributed by atoms with van der Waals surface area (Å²) in [4.78, 5) is 39.5. The third-order valence-corrected chi connectivity index (χ3v) is 5.39. The maximum Gasteiger partial charge on any atom is 0.253 e. The zero-order chi connectivity index (χ0) is 19.4. The van der Waals surface area contributed by atoms with Gasteiger partial charge in [0.15, 0.2) is 0 Å². The lowest BCUT2D eigenvalue weighted by Gasteiger charge is -2.31. The minimum absolute atomic E-state index is 0.0118. The molecular formula is C21H29N3O3. The van der Waals surface area contributed by atoms with E-state index in [0.717, 1.165) is 25.7 Å². The Kier molecular flexibility index (Phi) is 6.14. The van der Waals surface area contributed by atoms with E-state index in [1.807, 2.05) is 18.7 Å². The number of para-hydroxylation sites is 1. The van der Waals surface area contributed by atoms with E-state index >= 15 is 0 Å². The van der Waals surface area contributed by atoms with Gasteiger partial charge in [-0.2, -0.15) is 0 Å². The van der Waals surface area contributed by atoms with Gasteiger partial charge in [0.25, 0.3) is 5.91 Å². The second kappa shape index (κ2) is 8.55. The predicted molar refractivity (Wildman–Crippen MR) is 104 cm³/mol. The number of carbonyl (C=O) groups excluding carboxylic acids is 3. The van der Waals surface area contributed by atoms with Crippen molar-refractivity contribution < 1.29 is 14.4 Å². The Labute approximate surface area is 160 Å². The molecule has 2 aliphatic rings. The number of likely N-dealkylation sites (tertiary alicyclic amines) is 1. The molecule has 0 aromatic heterocycles. The average molecular weight is 371 g/mol. The fraction of sp³-hybridized carbons (Fsp3) is 0.571. The number of nitrogens with zero attached hydrogens (tertiary/aromatic N) is 1. The fourth-order valence-corrected chi connectivity index (χ4v) is 4.02. The summed E-state index contributed by atoms with van der Waals surface area (Å²) in [6, 6.07) is 7.28. The van der Waals surface area contributed by atoms with Gasteiger partial charge < -0.3 is 15.5 Å². The van der Waals surface area contributed by atoms with Crippen LogP contribution in [0.5, 0.6) is 0 Å². The Hall–Kier alpha value is -2.37. The molecule has 0 radical (unpaired) electrons. The van der Waals surface area contributed by atoms with E-state index in [1.165, 1.54) is 6.42 Å². The number of nitrogens with one attached hydrogen (secondary N) is 2. The summed E-state index contributed by atoms with van der Waals surface area (Å²) in [6.07, 6.45) is 5.88. The summed E-state index contributed by atoms with van der Waals surface area (Å²) in [6.45, 7) is 4.27. The summed E-state index contributed by atoms with van der Waals surface area (Å²) in [5, 5.41) is 5.72. The number of benzene rings is 1. The molecule has 1 aromatic carbocycles. The van der Waals surface area contributed by atoms with Crippen LogP contribution in [0.15, 0.2) is 24.3 Å². The molecule has 2 fully saturated rings. The number of amides is 3. The maximum absolute atomic E-state index is 12.8. The van der Waals surface area contributed by atoms with E-state index in [9.17, 15) is 14.4 Å². The molecule has 27 heavy (non-hydrogen) atoms. The Balaban J connectivity index is 1.66. The first-order valence-corrected chi connectivity index (χ1v) is 9.96. The zero-order valence-electron chi connectivity index (χ0n) is 16.2. The molecule has 0 bridgehead atoms. The van der Waals surface area contributed by atoms with Crippen LogP contribution < -0.4 is 10.6 Å². The highest BCUT2D eigenvalue weighted by atomic mass is 16.2. The van der Waals surface area contributed by atoms with Gasteiger partial charge in [0.2, 0.25) is 11.8 Å². The predicted octanol–water partition coefficient (Wildman–Crippen LogP) is 2.94. The summed E-state index contributed by atoms with van der Waals surface area (Å²) in [7, 11) is 0. The lowest BCUT2D eigenvalue weighted by molar-refractivity contribution is -0.130. The lowest BCUT2D eigenvalue weighted by atomic mass is 9.94. The molecule has 0 unspecified atom stereocenters. The molecule has 1 aliphatic heterocycles. The van der Waals surface area contributed by atoms with Crippen molar-refractivity contribution in [3.05, 3.63) is 29.8 Å². The largest absolute Gasteiger partial charge is 0.350 e. The van der Waals surface area contributed by atoms with Gasteiger partial charge in [-0.15, -0.1) is 0 Å². The van der Waals surface area contributed by atoms with Crippen LogP contribution >= 0.6 is 0 Å². The van der Waals surface area contributed by atoms with E-state index in [-0.39, 0.29) is 42.1 Å².